The van der Waals surface area contributed by atoms with Crippen molar-refractivity contribution in [3.63, 3.8) is 0 Å². The van der Waals surface area contributed by atoms with E-state index in [2.05, 4.69) is 5.92 Å². The molecule has 1 aromatic rings. The summed E-state index contributed by atoms with van der Waals surface area (Å²) in [4.78, 5) is 13.1. The Morgan fingerprint density at radius 1 is 1.47 bits per heavy atom. The Morgan fingerprint density at radius 3 is 2.68 bits per heavy atom. The smallest absolute Gasteiger partial charge is 0.294 e. The molecular weight excluding hydrogens is 266 g/mol. The first-order valence-corrected chi connectivity index (χ1v) is 7.11. The lowest BCUT2D eigenvalue weighted by Crippen LogP contribution is -2.24. The zero-order valence-electron chi connectivity index (χ0n) is 10.3. The summed E-state index contributed by atoms with van der Waals surface area (Å²) in [5.74, 6) is 2.21. The number of hydrogen-bond acceptors (Lipinski definition) is 3. The average molecular weight is 279 g/mol. The van der Waals surface area contributed by atoms with Crippen LogP contribution in [0.5, 0.6) is 0 Å². The normalized spacial score (nSPS) is 19.5. The fraction of sp³-hybridized carbons (Fsp3) is 0.308. The fourth-order valence-corrected chi connectivity index (χ4v) is 2.85. The van der Waals surface area contributed by atoms with Crippen LogP contribution in [0.15, 0.2) is 23.1 Å². The van der Waals surface area contributed by atoms with E-state index in [9.17, 15) is 13.2 Å². The van der Waals surface area contributed by atoms with Crippen molar-refractivity contribution in [3.05, 3.63) is 23.8 Å². The van der Waals surface area contributed by atoms with Gasteiger partial charge >= 0.3 is 0 Å². The molecule has 0 aromatic heterocycles. The third kappa shape index (κ3) is 2.62. The summed E-state index contributed by atoms with van der Waals surface area (Å²) in [5, 5.41) is 0. The van der Waals surface area contributed by atoms with Crippen molar-refractivity contribution < 1.29 is 17.8 Å². The van der Waals surface area contributed by atoms with Crippen LogP contribution >= 0.6 is 0 Å². The van der Waals surface area contributed by atoms with Crippen molar-refractivity contribution in [2.24, 2.45) is 5.92 Å². The van der Waals surface area contributed by atoms with Crippen LogP contribution in [-0.4, -0.2) is 25.4 Å². The number of carbonyl (C=O) groups is 1. The van der Waals surface area contributed by atoms with E-state index in [1.54, 1.807) is 19.1 Å². The van der Waals surface area contributed by atoms with E-state index in [1.165, 1.54) is 11.0 Å². The van der Waals surface area contributed by atoms with Crippen molar-refractivity contribution in [2.45, 2.75) is 18.2 Å². The van der Waals surface area contributed by atoms with Gasteiger partial charge in [-0.1, -0.05) is 6.07 Å². The topological polar surface area (TPSA) is 74.7 Å². The lowest BCUT2D eigenvalue weighted by atomic mass is 10.1. The molecule has 1 aliphatic rings. The maximum atomic E-state index is 11.8. The van der Waals surface area contributed by atoms with Gasteiger partial charge in [0.15, 0.2) is 0 Å². The zero-order chi connectivity index (χ0) is 14.2. The Labute approximate surface area is 112 Å². The van der Waals surface area contributed by atoms with Crippen molar-refractivity contribution >= 4 is 21.7 Å². The molecule has 0 aliphatic carbocycles. The van der Waals surface area contributed by atoms with Crippen molar-refractivity contribution in [2.75, 3.05) is 11.4 Å². The molecule has 19 heavy (non-hydrogen) atoms. The Bertz CT molecular complexity index is 672. The molecule has 1 saturated heterocycles. The van der Waals surface area contributed by atoms with Crippen LogP contribution < -0.4 is 4.90 Å². The Hall–Kier alpha value is -1.84. The van der Waals surface area contributed by atoms with Crippen LogP contribution in [0, 0.1) is 25.2 Å². The van der Waals surface area contributed by atoms with Crippen molar-refractivity contribution in [1.82, 2.24) is 0 Å². The summed E-state index contributed by atoms with van der Waals surface area (Å²) in [6, 6.07) is 4.48. The van der Waals surface area contributed by atoms with E-state index in [0.29, 0.717) is 17.8 Å². The summed E-state index contributed by atoms with van der Waals surface area (Å²) < 4.78 is 31.6. The first-order valence-electron chi connectivity index (χ1n) is 5.67. The molecule has 1 aliphatic heterocycles. The zero-order valence-corrected chi connectivity index (χ0v) is 11.1. The second kappa shape index (κ2) is 4.68. The minimum Gasteiger partial charge on any atom is -0.311 e. The van der Waals surface area contributed by atoms with Gasteiger partial charge in [-0.2, -0.15) is 8.42 Å². The van der Waals surface area contributed by atoms with Gasteiger partial charge in [-0.05, 0) is 24.6 Å². The third-order valence-electron chi connectivity index (χ3n) is 3.12. The van der Waals surface area contributed by atoms with Crippen molar-refractivity contribution in [3.8, 4) is 12.3 Å². The molecular formula is C13H13NO4S. The fourth-order valence-electron chi connectivity index (χ4n) is 2.10. The summed E-state index contributed by atoms with van der Waals surface area (Å²) >= 11 is 0. The Kier molecular flexibility index (Phi) is 3.35. The quantitative estimate of drug-likeness (QED) is 0.652. The van der Waals surface area contributed by atoms with Crippen LogP contribution in [0.2, 0.25) is 0 Å². The van der Waals surface area contributed by atoms with Crippen LogP contribution in [-0.2, 0) is 14.9 Å². The van der Waals surface area contributed by atoms with Gasteiger partial charge < -0.3 is 4.90 Å². The summed E-state index contributed by atoms with van der Waals surface area (Å²) in [6.45, 7) is 1.94. The van der Waals surface area contributed by atoms with Gasteiger partial charge in [0.2, 0.25) is 5.91 Å². The Balaban J connectivity index is 2.43. The number of aryl methyl sites for hydroxylation is 1. The monoisotopic (exact) mass is 279 g/mol. The molecule has 5 nitrogen and oxygen atoms in total. The standard InChI is InChI=1S/C13H13NO4S/c1-3-10-6-13(15)14(8-10)11-5-4-9(2)12(7-11)19(16,17)18/h1,4-5,7,10H,6,8H2,2H3,(H,16,17,18). The van der Waals surface area contributed by atoms with Crippen LogP contribution in [0.3, 0.4) is 0 Å². The van der Waals surface area contributed by atoms with E-state index < -0.39 is 10.1 Å². The second-order valence-corrected chi connectivity index (χ2v) is 5.89. The van der Waals surface area contributed by atoms with Crippen LogP contribution in [0.1, 0.15) is 12.0 Å². The van der Waals surface area contributed by atoms with Gasteiger partial charge in [0.05, 0.1) is 4.90 Å². The van der Waals surface area contributed by atoms with Gasteiger partial charge in [-0.25, -0.2) is 0 Å². The molecule has 0 saturated carbocycles. The van der Waals surface area contributed by atoms with Gasteiger partial charge in [0.25, 0.3) is 10.1 Å². The summed E-state index contributed by atoms with van der Waals surface area (Å²) in [6.07, 6.45) is 5.55. The lowest BCUT2D eigenvalue weighted by molar-refractivity contribution is -0.117. The molecule has 1 fully saturated rings. The molecule has 1 atom stereocenters. The molecule has 2 rings (SSSR count). The number of benzene rings is 1. The van der Waals surface area contributed by atoms with Crippen LogP contribution in [0.4, 0.5) is 5.69 Å². The number of carbonyl (C=O) groups excluding carboxylic acids is 1. The predicted molar refractivity (Wildman–Crippen MR) is 70.3 cm³/mol. The van der Waals surface area contributed by atoms with Gasteiger partial charge in [-0.15, -0.1) is 12.3 Å². The summed E-state index contributed by atoms with van der Waals surface area (Å²) in [5.41, 5.74) is 0.854. The largest absolute Gasteiger partial charge is 0.311 e. The number of rotatable bonds is 2. The third-order valence-corrected chi connectivity index (χ3v) is 4.12. The maximum absolute atomic E-state index is 11.8. The summed E-state index contributed by atoms with van der Waals surface area (Å²) in [7, 11) is -4.30. The number of terminal acetylenes is 1. The Morgan fingerprint density at radius 2 is 2.16 bits per heavy atom. The second-order valence-electron chi connectivity index (χ2n) is 4.50. The number of amides is 1. The molecule has 0 radical (unpaired) electrons. The van der Waals surface area contributed by atoms with E-state index in [0.717, 1.165) is 0 Å². The highest BCUT2D eigenvalue weighted by molar-refractivity contribution is 7.85. The van der Waals surface area contributed by atoms with E-state index in [1.807, 2.05) is 0 Å². The minimum absolute atomic E-state index is 0.145. The van der Waals surface area contributed by atoms with Gasteiger partial charge in [0, 0.05) is 24.6 Å². The lowest BCUT2D eigenvalue weighted by Gasteiger charge is -2.17. The van der Waals surface area contributed by atoms with E-state index >= 15 is 0 Å². The molecule has 0 bridgehead atoms. The molecule has 1 amide bonds. The van der Waals surface area contributed by atoms with Crippen molar-refractivity contribution in [1.29, 1.82) is 0 Å². The van der Waals surface area contributed by atoms with Gasteiger partial charge in [0.1, 0.15) is 0 Å². The first kappa shape index (κ1) is 13.6. The first-order chi connectivity index (χ1) is 8.82. The maximum Gasteiger partial charge on any atom is 0.294 e. The number of hydrogen-bond donors (Lipinski definition) is 1. The highest BCUT2D eigenvalue weighted by Crippen LogP contribution is 2.28. The van der Waals surface area contributed by atoms with Gasteiger partial charge in [-0.3, -0.25) is 9.35 Å². The number of anilines is 1. The number of nitrogens with zero attached hydrogens (tertiary/aromatic N) is 1. The molecule has 1 N–H and O–H groups in total. The molecule has 1 aromatic carbocycles. The average Bonchev–Trinajstić information content (AvgIpc) is 2.70. The van der Waals surface area contributed by atoms with E-state index in [4.69, 9.17) is 11.0 Å². The van der Waals surface area contributed by atoms with E-state index in [-0.39, 0.29) is 23.1 Å². The highest BCUT2D eigenvalue weighted by Gasteiger charge is 2.30. The SMILES string of the molecule is C#CC1CC(=O)N(c2ccc(C)c(S(=O)(=O)O)c2)C1. The molecule has 0 spiro atoms. The molecule has 6 heteroatoms. The van der Waals surface area contributed by atoms with Crippen LogP contribution in [0.25, 0.3) is 0 Å². The molecule has 1 heterocycles. The molecule has 1 unspecified atom stereocenters. The predicted octanol–water partition coefficient (Wildman–Crippen LogP) is 1.23. The highest BCUT2D eigenvalue weighted by atomic mass is 32.2. The molecule has 100 valence electrons. The minimum atomic E-state index is -4.30.